The van der Waals surface area contributed by atoms with Crippen molar-refractivity contribution in [2.24, 2.45) is 0 Å². The predicted octanol–water partition coefficient (Wildman–Crippen LogP) is 3.33. The molecule has 5 nitrogen and oxygen atoms in total. The van der Waals surface area contributed by atoms with Crippen LogP contribution in [-0.4, -0.2) is 20.9 Å². The lowest BCUT2D eigenvalue weighted by molar-refractivity contribution is -0.119. The number of carbonyl (C=O) groups excluding carboxylic acids is 1. The monoisotopic (exact) mass is 370 g/mol. The third-order valence-corrected chi connectivity index (χ3v) is 6.75. The van der Waals surface area contributed by atoms with Gasteiger partial charge in [-0.05, 0) is 73.6 Å². The number of rotatable bonds is 3. The molecule has 0 aliphatic carbocycles. The zero-order valence-electron chi connectivity index (χ0n) is 15.0. The largest absolute Gasteiger partial charge is 0.312 e. The highest BCUT2D eigenvalue weighted by molar-refractivity contribution is 7.92. The molecule has 0 unspecified atom stereocenters. The van der Waals surface area contributed by atoms with Gasteiger partial charge in [-0.2, -0.15) is 0 Å². The van der Waals surface area contributed by atoms with Crippen LogP contribution in [0.25, 0.3) is 0 Å². The number of anilines is 2. The molecule has 4 rings (SSSR count). The third kappa shape index (κ3) is 2.78. The first-order valence-corrected chi connectivity index (χ1v) is 10.4. The lowest BCUT2D eigenvalue weighted by atomic mass is 9.92. The average Bonchev–Trinajstić information content (AvgIpc) is 2.62. The second kappa shape index (κ2) is 6.13. The molecule has 26 heavy (non-hydrogen) atoms. The SMILES string of the molecule is Cc1cccc(NS(=O)(=O)c2cc3c4c(c2)CCC(=O)N4CCC3)c1C. The van der Waals surface area contributed by atoms with Crippen molar-refractivity contribution in [3.8, 4) is 0 Å². The van der Waals surface area contributed by atoms with E-state index in [-0.39, 0.29) is 10.8 Å². The van der Waals surface area contributed by atoms with Crippen molar-refractivity contribution in [3.63, 3.8) is 0 Å². The third-order valence-electron chi connectivity index (χ3n) is 5.41. The van der Waals surface area contributed by atoms with E-state index in [0.717, 1.165) is 47.3 Å². The minimum absolute atomic E-state index is 0.141. The Balaban J connectivity index is 1.76. The van der Waals surface area contributed by atoms with Crippen molar-refractivity contribution in [1.29, 1.82) is 0 Å². The highest BCUT2D eigenvalue weighted by Gasteiger charge is 2.31. The maximum atomic E-state index is 13.0. The fraction of sp³-hybridized carbons (Fsp3) is 0.350. The van der Waals surface area contributed by atoms with Crippen molar-refractivity contribution in [1.82, 2.24) is 0 Å². The van der Waals surface area contributed by atoms with E-state index in [4.69, 9.17) is 0 Å². The highest BCUT2D eigenvalue weighted by atomic mass is 32.2. The van der Waals surface area contributed by atoms with Gasteiger partial charge in [0.15, 0.2) is 0 Å². The first-order valence-electron chi connectivity index (χ1n) is 8.92. The van der Waals surface area contributed by atoms with Crippen LogP contribution in [0.5, 0.6) is 0 Å². The molecule has 0 bridgehead atoms. The fourth-order valence-corrected chi connectivity index (χ4v) is 5.07. The van der Waals surface area contributed by atoms with Crippen molar-refractivity contribution in [3.05, 3.63) is 52.6 Å². The normalized spacial score (nSPS) is 16.4. The van der Waals surface area contributed by atoms with Crippen LogP contribution in [0.4, 0.5) is 11.4 Å². The Morgan fingerprint density at radius 2 is 1.77 bits per heavy atom. The smallest absolute Gasteiger partial charge is 0.261 e. The number of benzene rings is 2. The standard InChI is InChI=1S/C20H22N2O3S/c1-13-5-3-7-18(14(13)2)21-26(24,25)17-11-15-6-4-10-22-19(23)9-8-16(12-17)20(15)22/h3,5,7,11-12,21H,4,6,8-10H2,1-2H3. The number of amides is 1. The summed E-state index contributed by atoms with van der Waals surface area (Å²) >= 11 is 0. The minimum atomic E-state index is -3.68. The van der Waals surface area contributed by atoms with E-state index in [1.807, 2.05) is 30.9 Å². The number of sulfonamides is 1. The Hall–Kier alpha value is -2.34. The minimum Gasteiger partial charge on any atom is -0.312 e. The molecule has 0 radical (unpaired) electrons. The van der Waals surface area contributed by atoms with Gasteiger partial charge in [-0.25, -0.2) is 8.42 Å². The summed E-state index contributed by atoms with van der Waals surface area (Å²) in [5, 5.41) is 0. The molecular formula is C20H22N2O3S. The van der Waals surface area contributed by atoms with E-state index in [9.17, 15) is 13.2 Å². The number of carbonyl (C=O) groups is 1. The van der Waals surface area contributed by atoms with Gasteiger partial charge >= 0.3 is 0 Å². The molecule has 2 heterocycles. The number of nitrogens with one attached hydrogen (secondary N) is 1. The maximum absolute atomic E-state index is 13.0. The van der Waals surface area contributed by atoms with Gasteiger partial charge in [0.1, 0.15) is 0 Å². The van der Waals surface area contributed by atoms with Gasteiger partial charge < -0.3 is 4.90 Å². The van der Waals surface area contributed by atoms with E-state index >= 15 is 0 Å². The van der Waals surface area contributed by atoms with Crippen LogP contribution in [0.2, 0.25) is 0 Å². The summed E-state index contributed by atoms with van der Waals surface area (Å²) in [5.41, 5.74) is 5.43. The van der Waals surface area contributed by atoms with Gasteiger partial charge in [0.2, 0.25) is 5.91 Å². The second-order valence-corrected chi connectivity index (χ2v) is 8.77. The molecule has 0 atom stereocenters. The Morgan fingerprint density at radius 3 is 2.54 bits per heavy atom. The van der Waals surface area contributed by atoms with Gasteiger partial charge in [-0.1, -0.05) is 12.1 Å². The fourth-order valence-electron chi connectivity index (χ4n) is 3.84. The predicted molar refractivity (Wildman–Crippen MR) is 102 cm³/mol. The van der Waals surface area contributed by atoms with Crippen LogP contribution in [0.15, 0.2) is 35.2 Å². The molecule has 0 fully saturated rings. The molecule has 2 aliphatic heterocycles. The topological polar surface area (TPSA) is 66.5 Å². The van der Waals surface area contributed by atoms with Gasteiger partial charge in [-0.3, -0.25) is 9.52 Å². The van der Waals surface area contributed by atoms with Crippen LogP contribution < -0.4 is 9.62 Å². The van der Waals surface area contributed by atoms with E-state index in [0.29, 0.717) is 18.5 Å². The van der Waals surface area contributed by atoms with Gasteiger partial charge in [-0.15, -0.1) is 0 Å². The summed E-state index contributed by atoms with van der Waals surface area (Å²) in [7, 11) is -3.68. The van der Waals surface area contributed by atoms with Crippen LogP contribution in [-0.2, 0) is 27.7 Å². The van der Waals surface area contributed by atoms with Crippen LogP contribution in [0.3, 0.4) is 0 Å². The van der Waals surface area contributed by atoms with Gasteiger partial charge in [0, 0.05) is 13.0 Å². The summed E-state index contributed by atoms with van der Waals surface area (Å²) in [5.74, 6) is 0.141. The zero-order valence-corrected chi connectivity index (χ0v) is 15.8. The van der Waals surface area contributed by atoms with Crippen LogP contribution in [0, 0.1) is 13.8 Å². The Labute approximate surface area is 154 Å². The van der Waals surface area contributed by atoms with Crippen molar-refractivity contribution in [2.75, 3.05) is 16.2 Å². The molecule has 0 aromatic heterocycles. The van der Waals surface area contributed by atoms with Gasteiger partial charge in [0.05, 0.1) is 16.3 Å². The Kier molecular flexibility index (Phi) is 4.03. The molecule has 0 saturated carbocycles. The Bertz CT molecular complexity index is 995. The van der Waals surface area contributed by atoms with Crippen molar-refractivity contribution in [2.45, 2.75) is 44.4 Å². The molecule has 136 valence electrons. The first kappa shape index (κ1) is 17.1. The molecule has 2 aromatic rings. The summed E-state index contributed by atoms with van der Waals surface area (Å²) in [4.78, 5) is 14.3. The quantitative estimate of drug-likeness (QED) is 0.901. The molecular weight excluding hydrogens is 348 g/mol. The van der Waals surface area contributed by atoms with E-state index in [2.05, 4.69) is 4.72 Å². The van der Waals surface area contributed by atoms with Crippen molar-refractivity contribution >= 4 is 27.3 Å². The zero-order chi connectivity index (χ0) is 18.5. The van der Waals surface area contributed by atoms with Crippen molar-refractivity contribution < 1.29 is 13.2 Å². The molecule has 6 heteroatoms. The van der Waals surface area contributed by atoms with E-state index in [1.54, 1.807) is 18.2 Å². The number of hydrogen-bond donors (Lipinski definition) is 1. The molecule has 0 spiro atoms. The number of hydrogen-bond acceptors (Lipinski definition) is 3. The van der Waals surface area contributed by atoms with Crippen LogP contribution in [0.1, 0.15) is 35.1 Å². The summed E-state index contributed by atoms with van der Waals surface area (Å²) in [6.07, 6.45) is 2.72. The molecule has 0 saturated heterocycles. The highest BCUT2D eigenvalue weighted by Crippen LogP contribution is 2.38. The lowest BCUT2D eigenvalue weighted by Crippen LogP contribution is -2.39. The lowest BCUT2D eigenvalue weighted by Gasteiger charge is -2.35. The summed E-state index contributed by atoms with van der Waals surface area (Å²) in [6, 6.07) is 9.05. The van der Waals surface area contributed by atoms with Crippen LogP contribution >= 0.6 is 0 Å². The molecule has 2 aliphatic rings. The molecule has 1 N–H and O–H groups in total. The van der Waals surface area contributed by atoms with Gasteiger partial charge in [0.25, 0.3) is 10.0 Å². The summed E-state index contributed by atoms with van der Waals surface area (Å²) in [6.45, 7) is 4.60. The number of aryl methyl sites for hydroxylation is 3. The molecule has 1 amide bonds. The van der Waals surface area contributed by atoms with E-state index < -0.39 is 10.0 Å². The Morgan fingerprint density at radius 1 is 1.04 bits per heavy atom. The average molecular weight is 370 g/mol. The maximum Gasteiger partial charge on any atom is 0.261 e. The summed E-state index contributed by atoms with van der Waals surface area (Å²) < 4.78 is 28.7. The van der Waals surface area contributed by atoms with E-state index in [1.165, 1.54) is 0 Å². The molecule has 2 aromatic carbocycles. The second-order valence-electron chi connectivity index (χ2n) is 7.09. The number of nitrogens with zero attached hydrogens (tertiary/aromatic N) is 1. The first-order chi connectivity index (χ1) is 12.4.